The van der Waals surface area contributed by atoms with Gasteiger partial charge in [0.2, 0.25) is 5.91 Å². The number of aliphatic hydroxyl groups excluding tert-OH is 1. The Hall–Kier alpha value is -1.59. The molecule has 0 saturated heterocycles. The summed E-state index contributed by atoms with van der Waals surface area (Å²) >= 11 is 0. The molecule has 0 spiro atoms. The number of amides is 1. The fourth-order valence-corrected chi connectivity index (χ4v) is 1.52. The first-order valence-electron chi connectivity index (χ1n) is 5.83. The maximum Gasteiger partial charge on any atom is 0.224 e. The minimum atomic E-state index is -0.552. The number of ether oxygens (including phenoxy) is 1. The molecule has 18 heavy (non-hydrogen) atoms. The van der Waals surface area contributed by atoms with E-state index in [0.29, 0.717) is 13.0 Å². The minimum Gasteiger partial charge on any atom is -0.508 e. The summed E-state index contributed by atoms with van der Waals surface area (Å²) in [6, 6.07) is 6.50. The summed E-state index contributed by atoms with van der Waals surface area (Å²) in [5.41, 5.74) is 0.836. The molecule has 0 aliphatic carbocycles. The van der Waals surface area contributed by atoms with Crippen LogP contribution < -0.4 is 5.32 Å². The van der Waals surface area contributed by atoms with Gasteiger partial charge in [-0.3, -0.25) is 4.79 Å². The number of phenols is 1. The van der Waals surface area contributed by atoms with Crippen molar-refractivity contribution in [2.45, 2.75) is 18.9 Å². The SMILES string of the molecule is COCC(O)CCNC(=O)Cc1ccc(O)cc1. The summed E-state index contributed by atoms with van der Waals surface area (Å²) < 4.78 is 4.78. The molecule has 0 aliphatic rings. The molecule has 0 fully saturated rings. The standard InChI is InChI=1S/C13H19NO4/c1-18-9-12(16)6-7-14-13(17)8-10-2-4-11(15)5-3-10/h2-5,12,15-16H,6-9H2,1H3,(H,14,17). The van der Waals surface area contributed by atoms with E-state index in [2.05, 4.69) is 5.32 Å². The van der Waals surface area contributed by atoms with Gasteiger partial charge in [-0.1, -0.05) is 12.1 Å². The highest BCUT2D eigenvalue weighted by atomic mass is 16.5. The molecule has 5 nitrogen and oxygen atoms in total. The van der Waals surface area contributed by atoms with E-state index < -0.39 is 6.10 Å². The monoisotopic (exact) mass is 253 g/mol. The largest absolute Gasteiger partial charge is 0.508 e. The number of carbonyl (C=O) groups is 1. The van der Waals surface area contributed by atoms with Crippen molar-refractivity contribution >= 4 is 5.91 Å². The Morgan fingerprint density at radius 1 is 1.39 bits per heavy atom. The smallest absolute Gasteiger partial charge is 0.224 e. The normalized spacial score (nSPS) is 12.1. The number of benzene rings is 1. The molecule has 3 N–H and O–H groups in total. The zero-order valence-corrected chi connectivity index (χ0v) is 10.4. The Balaban J connectivity index is 2.23. The Labute approximate surface area is 106 Å². The molecule has 0 bridgehead atoms. The molecule has 100 valence electrons. The first-order chi connectivity index (χ1) is 8.61. The third-order valence-corrected chi connectivity index (χ3v) is 2.46. The van der Waals surface area contributed by atoms with Crippen molar-refractivity contribution in [1.82, 2.24) is 5.32 Å². The molecule has 0 aliphatic heterocycles. The van der Waals surface area contributed by atoms with Crippen molar-refractivity contribution < 1.29 is 19.7 Å². The van der Waals surface area contributed by atoms with Gasteiger partial charge < -0.3 is 20.3 Å². The van der Waals surface area contributed by atoms with Gasteiger partial charge in [0, 0.05) is 13.7 Å². The van der Waals surface area contributed by atoms with Crippen molar-refractivity contribution in [3.63, 3.8) is 0 Å². The van der Waals surface area contributed by atoms with Crippen LogP contribution in [-0.4, -0.2) is 42.5 Å². The van der Waals surface area contributed by atoms with Gasteiger partial charge >= 0.3 is 0 Å². The van der Waals surface area contributed by atoms with Gasteiger partial charge in [-0.25, -0.2) is 0 Å². The molecule has 1 atom stereocenters. The Morgan fingerprint density at radius 3 is 2.67 bits per heavy atom. The van der Waals surface area contributed by atoms with Crippen LogP contribution in [0.5, 0.6) is 5.75 Å². The molecule has 1 amide bonds. The molecule has 0 heterocycles. The van der Waals surface area contributed by atoms with Gasteiger partial charge in [-0.05, 0) is 24.1 Å². The number of aromatic hydroxyl groups is 1. The van der Waals surface area contributed by atoms with Crippen LogP contribution in [0.1, 0.15) is 12.0 Å². The number of aliphatic hydroxyl groups is 1. The highest BCUT2D eigenvalue weighted by Gasteiger charge is 2.06. The lowest BCUT2D eigenvalue weighted by Gasteiger charge is -2.10. The van der Waals surface area contributed by atoms with Gasteiger partial charge in [0.25, 0.3) is 0 Å². The van der Waals surface area contributed by atoms with Crippen LogP contribution >= 0.6 is 0 Å². The molecule has 0 aromatic heterocycles. The van der Waals surface area contributed by atoms with E-state index in [4.69, 9.17) is 9.84 Å². The zero-order chi connectivity index (χ0) is 13.4. The maximum absolute atomic E-state index is 11.6. The first-order valence-corrected chi connectivity index (χ1v) is 5.83. The second kappa shape index (κ2) is 7.68. The summed E-state index contributed by atoms with van der Waals surface area (Å²) in [6.45, 7) is 0.690. The van der Waals surface area contributed by atoms with Gasteiger partial charge in [0.05, 0.1) is 19.1 Å². The van der Waals surface area contributed by atoms with Gasteiger partial charge in [-0.15, -0.1) is 0 Å². The van der Waals surface area contributed by atoms with E-state index in [1.807, 2.05) is 0 Å². The van der Waals surface area contributed by atoms with E-state index in [1.54, 1.807) is 24.3 Å². The van der Waals surface area contributed by atoms with Crippen LogP contribution in [0.25, 0.3) is 0 Å². The molecule has 1 unspecified atom stereocenters. The first kappa shape index (κ1) is 14.5. The second-order valence-electron chi connectivity index (χ2n) is 4.09. The van der Waals surface area contributed by atoms with Crippen LogP contribution in [0.15, 0.2) is 24.3 Å². The second-order valence-corrected chi connectivity index (χ2v) is 4.09. The van der Waals surface area contributed by atoms with Crippen LogP contribution in [0.2, 0.25) is 0 Å². The lowest BCUT2D eigenvalue weighted by atomic mass is 10.1. The molecular weight excluding hydrogens is 234 g/mol. The van der Waals surface area contributed by atoms with Crippen LogP contribution in [0.4, 0.5) is 0 Å². The van der Waals surface area contributed by atoms with Gasteiger partial charge in [0.1, 0.15) is 5.75 Å². The zero-order valence-electron chi connectivity index (χ0n) is 10.4. The molecule has 5 heteroatoms. The Kier molecular flexibility index (Phi) is 6.18. The van der Waals surface area contributed by atoms with Gasteiger partial charge in [-0.2, -0.15) is 0 Å². The van der Waals surface area contributed by atoms with Crippen molar-refractivity contribution in [3.8, 4) is 5.75 Å². The third kappa shape index (κ3) is 5.65. The number of carbonyl (C=O) groups excluding carboxylic acids is 1. The number of hydrogen-bond acceptors (Lipinski definition) is 4. The van der Waals surface area contributed by atoms with Gasteiger partial charge in [0.15, 0.2) is 0 Å². The maximum atomic E-state index is 11.6. The van der Waals surface area contributed by atoms with E-state index in [0.717, 1.165) is 5.56 Å². The molecule has 0 saturated carbocycles. The topological polar surface area (TPSA) is 78.8 Å². The lowest BCUT2D eigenvalue weighted by Crippen LogP contribution is -2.29. The van der Waals surface area contributed by atoms with Crippen molar-refractivity contribution in [2.75, 3.05) is 20.3 Å². The van der Waals surface area contributed by atoms with E-state index >= 15 is 0 Å². The predicted octanol–water partition coefficient (Wildman–Crippen LogP) is 0.448. The Morgan fingerprint density at radius 2 is 2.06 bits per heavy atom. The van der Waals surface area contributed by atoms with Crippen molar-refractivity contribution in [1.29, 1.82) is 0 Å². The van der Waals surface area contributed by atoms with Crippen molar-refractivity contribution in [3.05, 3.63) is 29.8 Å². The number of rotatable bonds is 7. The van der Waals surface area contributed by atoms with Crippen LogP contribution in [-0.2, 0) is 16.0 Å². The summed E-state index contributed by atoms with van der Waals surface area (Å²) in [4.78, 5) is 11.6. The average Bonchev–Trinajstić information content (AvgIpc) is 2.32. The minimum absolute atomic E-state index is 0.106. The highest BCUT2D eigenvalue weighted by molar-refractivity contribution is 5.78. The lowest BCUT2D eigenvalue weighted by molar-refractivity contribution is -0.120. The fourth-order valence-electron chi connectivity index (χ4n) is 1.52. The van der Waals surface area contributed by atoms with E-state index in [1.165, 1.54) is 7.11 Å². The van der Waals surface area contributed by atoms with E-state index in [-0.39, 0.29) is 24.7 Å². The van der Waals surface area contributed by atoms with Crippen molar-refractivity contribution in [2.24, 2.45) is 0 Å². The summed E-state index contributed by atoms with van der Waals surface area (Å²) in [5, 5.41) is 21.2. The quantitative estimate of drug-likeness (QED) is 0.659. The average molecular weight is 253 g/mol. The fraction of sp³-hybridized carbons (Fsp3) is 0.462. The van der Waals surface area contributed by atoms with E-state index in [9.17, 15) is 9.90 Å². The van der Waals surface area contributed by atoms with Crippen LogP contribution in [0, 0.1) is 0 Å². The number of methoxy groups -OCH3 is 1. The molecule has 1 rings (SSSR count). The highest BCUT2D eigenvalue weighted by Crippen LogP contribution is 2.09. The Bertz CT molecular complexity index is 364. The molecule has 1 aromatic carbocycles. The summed E-state index contributed by atoms with van der Waals surface area (Å²) in [5.74, 6) is 0.0761. The summed E-state index contributed by atoms with van der Waals surface area (Å²) in [7, 11) is 1.52. The number of nitrogens with one attached hydrogen (secondary N) is 1. The number of hydrogen-bond donors (Lipinski definition) is 3. The molecule has 1 aromatic rings. The predicted molar refractivity (Wildman–Crippen MR) is 67.3 cm³/mol. The summed E-state index contributed by atoms with van der Waals surface area (Å²) in [6.07, 6.45) is 0.180. The molecule has 0 radical (unpaired) electrons. The molecular formula is C13H19NO4. The number of phenolic OH excluding ortho intramolecular Hbond substituents is 1. The third-order valence-electron chi connectivity index (χ3n) is 2.46. The van der Waals surface area contributed by atoms with Crippen LogP contribution in [0.3, 0.4) is 0 Å².